The highest BCUT2D eigenvalue weighted by molar-refractivity contribution is 9.10. The molecule has 0 bridgehead atoms. The Hall–Kier alpha value is -2.10. The summed E-state index contributed by atoms with van der Waals surface area (Å²) in [4.78, 5) is 14.5. The highest BCUT2D eigenvalue weighted by atomic mass is 79.9. The summed E-state index contributed by atoms with van der Waals surface area (Å²) >= 11 is 3.41. The third-order valence-corrected chi connectivity index (χ3v) is 7.42. The maximum atomic E-state index is 12.8. The van der Waals surface area contributed by atoms with Crippen LogP contribution in [0.1, 0.15) is 40.2 Å². The number of carboxylic acid groups (broad SMARTS) is 1. The quantitative estimate of drug-likeness (QED) is 0.515. The van der Waals surface area contributed by atoms with Gasteiger partial charge < -0.3 is 19.2 Å². The predicted molar refractivity (Wildman–Crippen MR) is 118 cm³/mol. The van der Waals surface area contributed by atoms with Gasteiger partial charge in [-0.2, -0.15) is 0 Å². The lowest BCUT2D eigenvalue weighted by Gasteiger charge is -2.17. The van der Waals surface area contributed by atoms with Crippen LogP contribution in [-0.2, 0) is 35.9 Å². The van der Waals surface area contributed by atoms with Crippen molar-refractivity contribution in [3.63, 3.8) is 0 Å². The third kappa shape index (κ3) is 3.93. The van der Waals surface area contributed by atoms with Crippen LogP contribution in [0.4, 0.5) is 0 Å². The fraction of sp³-hybridized carbons (Fsp3) is 0.381. The van der Waals surface area contributed by atoms with Crippen LogP contribution in [0.25, 0.3) is 10.9 Å². The van der Waals surface area contributed by atoms with Gasteiger partial charge in [0.25, 0.3) is 0 Å². The average molecular weight is 495 g/mol. The van der Waals surface area contributed by atoms with Gasteiger partial charge >= 0.3 is 5.97 Å². The number of aromatic hydroxyl groups is 1. The van der Waals surface area contributed by atoms with Crippen LogP contribution in [0.15, 0.2) is 33.4 Å². The lowest BCUT2D eigenvalue weighted by molar-refractivity contribution is 0.0697. The second-order valence-electron chi connectivity index (χ2n) is 7.56. The number of aromatic nitrogens is 1. The number of hydrogen-bond donors (Lipinski definition) is 2. The van der Waals surface area contributed by atoms with Crippen molar-refractivity contribution in [2.45, 2.75) is 30.9 Å². The first-order chi connectivity index (χ1) is 14.4. The van der Waals surface area contributed by atoms with Gasteiger partial charge in [-0.25, -0.2) is 4.79 Å². The minimum absolute atomic E-state index is 0.0609. The molecular weight excluding hydrogens is 472 g/mol. The normalized spacial score (nSPS) is 15.8. The van der Waals surface area contributed by atoms with Gasteiger partial charge in [0.1, 0.15) is 11.5 Å². The molecule has 2 aromatic heterocycles. The van der Waals surface area contributed by atoms with E-state index in [1.165, 1.54) is 6.26 Å². The molecule has 1 aliphatic heterocycles. The van der Waals surface area contributed by atoms with E-state index in [0.29, 0.717) is 38.9 Å². The largest absolute Gasteiger partial charge is 0.506 e. The van der Waals surface area contributed by atoms with E-state index in [1.54, 1.807) is 29.8 Å². The number of phenolic OH excluding ortho intramolecular Hbond substituents is 1. The maximum absolute atomic E-state index is 12.8. The van der Waals surface area contributed by atoms with Gasteiger partial charge in [-0.1, -0.05) is 0 Å². The summed E-state index contributed by atoms with van der Waals surface area (Å²) in [7, 11) is 0.427. The number of carbonyl (C=O) groups is 1. The smallest absolute Gasteiger partial charge is 0.338 e. The summed E-state index contributed by atoms with van der Waals surface area (Å²) in [6, 6.07) is 5.21. The predicted octanol–water partition coefficient (Wildman–Crippen LogP) is 3.98. The lowest BCUT2D eigenvalue weighted by Crippen LogP contribution is -2.19. The van der Waals surface area contributed by atoms with Crippen molar-refractivity contribution in [1.29, 1.82) is 0 Å². The standard InChI is InChI=1S/C21H23BrN2O5S/c1-23-16-9-15(22)20(25)14(10-24-6-2-3-7-24)18(16)19(21(26)27)17(23)12-30(28)11-13-5-4-8-29-13/h4-5,8-9,25H,2-3,6-7,10-12H2,1H3,(H,26,27). The SMILES string of the molecule is Cn1c(CS(=O)Cc2ccco2)c(C(=O)O)c2c(CN3CCCC3)c(O)c(Br)cc21. The molecule has 160 valence electrons. The summed E-state index contributed by atoms with van der Waals surface area (Å²) in [5.74, 6) is -0.141. The van der Waals surface area contributed by atoms with Gasteiger partial charge in [0.05, 0.1) is 33.3 Å². The Kier molecular flexibility index (Phi) is 6.04. The number of benzene rings is 1. The summed E-state index contributed by atoms with van der Waals surface area (Å²) in [6.45, 7) is 2.31. The molecule has 1 atom stereocenters. The molecule has 3 heterocycles. The van der Waals surface area contributed by atoms with Crippen LogP contribution in [0.2, 0.25) is 0 Å². The highest BCUT2D eigenvalue weighted by Crippen LogP contribution is 2.40. The van der Waals surface area contributed by atoms with Crippen molar-refractivity contribution in [2.24, 2.45) is 7.05 Å². The van der Waals surface area contributed by atoms with Crippen LogP contribution >= 0.6 is 15.9 Å². The minimum Gasteiger partial charge on any atom is -0.506 e. The first kappa shape index (κ1) is 21.1. The third-order valence-electron chi connectivity index (χ3n) is 5.61. The Morgan fingerprint density at radius 1 is 1.30 bits per heavy atom. The zero-order chi connectivity index (χ0) is 21.4. The van der Waals surface area contributed by atoms with Gasteiger partial charge in [-0.15, -0.1) is 0 Å². The fourth-order valence-corrected chi connectivity index (χ4v) is 5.84. The molecule has 0 aliphatic carbocycles. The fourth-order valence-electron chi connectivity index (χ4n) is 4.15. The monoisotopic (exact) mass is 494 g/mol. The molecule has 0 amide bonds. The lowest BCUT2D eigenvalue weighted by atomic mass is 10.0. The summed E-state index contributed by atoms with van der Waals surface area (Å²) in [5, 5.41) is 21.3. The summed E-state index contributed by atoms with van der Waals surface area (Å²) in [5.41, 5.74) is 1.87. The van der Waals surface area contributed by atoms with E-state index >= 15 is 0 Å². The molecular formula is C21H23BrN2O5S. The van der Waals surface area contributed by atoms with Crippen molar-refractivity contribution in [1.82, 2.24) is 9.47 Å². The molecule has 3 aromatic rings. The number of fused-ring (bicyclic) bond motifs is 1. The number of nitrogens with zero attached hydrogens (tertiary/aromatic N) is 2. The van der Waals surface area contributed by atoms with Crippen molar-refractivity contribution in [3.05, 3.63) is 51.5 Å². The molecule has 1 unspecified atom stereocenters. The molecule has 0 radical (unpaired) electrons. The number of rotatable bonds is 7. The number of hydrogen-bond acceptors (Lipinski definition) is 5. The van der Waals surface area contributed by atoms with Gasteiger partial charge in [0.15, 0.2) is 0 Å². The molecule has 1 aromatic carbocycles. The first-order valence-electron chi connectivity index (χ1n) is 9.71. The Balaban J connectivity index is 1.82. The number of furan rings is 1. The van der Waals surface area contributed by atoms with E-state index < -0.39 is 16.8 Å². The van der Waals surface area contributed by atoms with Crippen LogP contribution < -0.4 is 0 Å². The minimum atomic E-state index is -1.35. The highest BCUT2D eigenvalue weighted by Gasteiger charge is 2.28. The van der Waals surface area contributed by atoms with Gasteiger partial charge in [-0.3, -0.25) is 9.11 Å². The molecule has 1 fully saturated rings. The van der Waals surface area contributed by atoms with Crippen LogP contribution in [0.3, 0.4) is 0 Å². The van der Waals surface area contributed by atoms with E-state index in [0.717, 1.165) is 25.9 Å². The summed E-state index contributed by atoms with van der Waals surface area (Å²) in [6.07, 6.45) is 3.71. The second-order valence-corrected chi connectivity index (χ2v) is 9.87. The molecule has 0 spiro atoms. The van der Waals surface area contributed by atoms with Crippen molar-refractivity contribution < 1.29 is 23.6 Å². The molecule has 4 rings (SSSR count). The van der Waals surface area contributed by atoms with Crippen molar-refractivity contribution >= 4 is 43.6 Å². The van der Waals surface area contributed by atoms with E-state index in [2.05, 4.69) is 20.8 Å². The van der Waals surface area contributed by atoms with Gasteiger partial charge in [0.2, 0.25) is 0 Å². The number of halogens is 1. The van der Waals surface area contributed by atoms with Gasteiger partial charge in [0, 0.05) is 41.0 Å². The molecule has 7 nitrogen and oxygen atoms in total. The molecule has 2 N–H and O–H groups in total. The molecule has 0 saturated carbocycles. The Labute approximate surface area is 184 Å². The number of aryl methyl sites for hydroxylation is 1. The molecule has 1 saturated heterocycles. The van der Waals surface area contributed by atoms with Crippen molar-refractivity contribution in [3.8, 4) is 5.75 Å². The number of phenols is 1. The maximum Gasteiger partial charge on any atom is 0.338 e. The van der Waals surface area contributed by atoms with Crippen LogP contribution in [0, 0.1) is 0 Å². The van der Waals surface area contributed by atoms with E-state index in [4.69, 9.17) is 4.42 Å². The van der Waals surface area contributed by atoms with Crippen LogP contribution in [-0.4, -0.2) is 42.9 Å². The Morgan fingerprint density at radius 3 is 2.67 bits per heavy atom. The van der Waals surface area contributed by atoms with Gasteiger partial charge in [-0.05, 0) is 60.1 Å². The van der Waals surface area contributed by atoms with Crippen molar-refractivity contribution in [2.75, 3.05) is 13.1 Å². The number of likely N-dealkylation sites (tertiary alicyclic amines) is 1. The Morgan fingerprint density at radius 2 is 2.03 bits per heavy atom. The topological polar surface area (TPSA) is 95.9 Å². The Bertz CT molecular complexity index is 1120. The summed E-state index contributed by atoms with van der Waals surface area (Å²) < 4.78 is 20.3. The van der Waals surface area contributed by atoms with Crippen LogP contribution in [0.5, 0.6) is 5.75 Å². The zero-order valence-electron chi connectivity index (χ0n) is 16.6. The first-order valence-corrected chi connectivity index (χ1v) is 12.0. The number of aromatic carboxylic acids is 1. The second kappa shape index (κ2) is 8.56. The average Bonchev–Trinajstić information content (AvgIpc) is 3.43. The molecule has 30 heavy (non-hydrogen) atoms. The number of carboxylic acids is 1. The molecule has 1 aliphatic rings. The molecule has 9 heteroatoms. The van der Waals surface area contributed by atoms with E-state index in [-0.39, 0.29) is 22.8 Å². The zero-order valence-corrected chi connectivity index (χ0v) is 19.0. The van der Waals surface area contributed by atoms with E-state index in [9.17, 15) is 19.2 Å². The van der Waals surface area contributed by atoms with E-state index in [1.807, 2.05) is 0 Å².